The van der Waals surface area contributed by atoms with Crippen molar-refractivity contribution < 1.29 is 14.3 Å². The van der Waals surface area contributed by atoms with Gasteiger partial charge in [0, 0.05) is 16.6 Å². The van der Waals surface area contributed by atoms with Crippen molar-refractivity contribution in [3.05, 3.63) is 45.6 Å². The lowest BCUT2D eigenvalue weighted by Crippen LogP contribution is -2.20. The van der Waals surface area contributed by atoms with E-state index in [2.05, 4.69) is 5.32 Å². The van der Waals surface area contributed by atoms with Crippen LogP contribution in [0.1, 0.15) is 39.4 Å². The largest absolute Gasteiger partial charge is 0.484 e. The van der Waals surface area contributed by atoms with Crippen molar-refractivity contribution in [1.29, 1.82) is 0 Å². The number of rotatable bonds is 5. The van der Waals surface area contributed by atoms with Crippen LogP contribution >= 0.6 is 11.3 Å². The average Bonchev–Trinajstić information content (AvgIpc) is 2.84. The topological polar surface area (TPSA) is 81.4 Å². The van der Waals surface area contributed by atoms with Gasteiger partial charge in [-0.1, -0.05) is 12.5 Å². The molecule has 3 N–H and O–H groups in total. The molecule has 0 saturated carbocycles. The van der Waals surface area contributed by atoms with Gasteiger partial charge in [-0.05, 0) is 49.4 Å². The second-order valence-corrected chi connectivity index (χ2v) is 6.99. The Labute approximate surface area is 144 Å². The molecule has 0 spiro atoms. The van der Waals surface area contributed by atoms with Crippen molar-refractivity contribution in [1.82, 2.24) is 0 Å². The first kappa shape index (κ1) is 16.5. The van der Waals surface area contributed by atoms with Crippen molar-refractivity contribution in [3.8, 4) is 5.75 Å². The number of ether oxygens (including phenoxy) is 1. The summed E-state index contributed by atoms with van der Waals surface area (Å²) in [6, 6.07) is 8.96. The molecule has 1 aliphatic carbocycles. The first-order valence-corrected chi connectivity index (χ1v) is 8.87. The van der Waals surface area contributed by atoms with E-state index in [0.717, 1.165) is 17.7 Å². The molecular formula is C18H20N2O3S. The van der Waals surface area contributed by atoms with Crippen molar-refractivity contribution in [2.24, 2.45) is 5.73 Å². The number of benzene rings is 1. The Morgan fingerprint density at radius 3 is 2.83 bits per heavy atom. The molecule has 126 valence electrons. The third-order valence-electron chi connectivity index (χ3n) is 3.94. The van der Waals surface area contributed by atoms with Gasteiger partial charge in [0.15, 0.2) is 6.61 Å². The Balaban J connectivity index is 1.68. The number of aryl methyl sites for hydroxylation is 2. The van der Waals surface area contributed by atoms with Gasteiger partial charge in [0.05, 0.1) is 4.88 Å². The molecule has 0 atom stereocenters. The third-order valence-corrected chi connectivity index (χ3v) is 5.18. The van der Waals surface area contributed by atoms with E-state index in [0.29, 0.717) is 11.4 Å². The maximum atomic E-state index is 12.5. The Bertz CT molecular complexity index is 731. The molecule has 1 aliphatic rings. The minimum Gasteiger partial charge on any atom is -0.484 e. The van der Waals surface area contributed by atoms with Gasteiger partial charge >= 0.3 is 0 Å². The fourth-order valence-corrected chi connectivity index (χ4v) is 3.94. The highest BCUT2D eigenvalue weighted by molar-refractivity contribution is 7.14. The van der Waals surface area contributed by atoms with Gasteiger partial charge in [-0.2, -0.15) is 0 Å². The number of anilines is 1. The van der Waals surface area contributed by atoms with Crippen molar-refractivity contribution in [3.63, 3.8) is 0 Å². The van der Waals surface area contributed by atoms with Crippen LogP contribution in [-0.4, -0.2) is 18.4 Å². The van der Waals surface area contributed by atoms with Gasteiger partial charge in [-0.3, -0.25) is 9.59 Å². The summed E-state index contributed by atoms with van der Waals surface area (Å²) in [5, 5.41) is 2.89. The average molecular weight is 344 g/mol. The molecule has 6 heteroatoms. The van der Waals surface area contributed by atoms with E-state index in [1.165, 1.54) is 29.7 Å². The van der Waals surface area contributed by atoms with E-state index in [4.69, 9.17) is 10.5 Å². The molecule has 0 radical (unpaired) electrons. The van der Waals surface area contributed by atoms with Crippen molar-refractivity contribution in [2.75, 3.05) is 11.9 Å². The Morgan fingerprint density at radius 2 is 2.00 bits per heavy atom. The van der Waals surface area contributed by atoms with Gasteiger partial charge in [-0.25, -0.2) is 0 Å². The number of carbonyl (C=O) groups is 2. The predicted octanol–water partition coefficient (Wildman–Crippen LogP) is 3.13. The number of thiophene rings is 1. The van der Waals surface area contributed by atoms with Gasteiger partial charge < -0.3 is 15.8 Å². The SMILES string of the molecule is NC(=O)COc1cccc(NC(=O)c2cc3c(s2)CCCCC3)c1. The number of primary amides is 1. The van der Waals surface area contributed by atoms with Crippen LogP contribution in [0.25, 0.3) is 0 Å². The van der Waals surface area contributed by atoms with E-state index in [9.17, 15) is 9.59 Å². The highest BCUT2D eigenvalue weighted by atomic mass is 32.1. The molecule has 1 aromatic heterocycles. The van der Waals surface area contributed by atoms with Crippen LogP contribution < -0.4 is 15.8 Å². The highest BCUT2D eigenvalue weighted by Crippen LogP contribution is 2.29. The van der Waals surface area contributed by atoms with Gasteiger partial charge in [0.2, 0.25) is 0 Å². The Hall–Kier alpha value is -2.34. The van der Waals surface area contributed by atoms with Crippen LogP contribution in [0.5, 0.6) is 5.75 Å². The summed E-state index contributed by atoms with van der Waals surface area (Å²) in [7, 11) is 0. The Kier molecular flexibility index (Phi) is 5.15. The molecule has 2 aromatic rings. The van der Waals surface area contributed by atoms with E-state index in [-0.39, 0.29) is 12.5 Å². The number of amides is 2. The molecule has 24 heavy (non-hydrogen) atoms. The summed E-state index contributed by atoms with van der Waals surface area (Å²) in [5.41, 5.74) is 7.01. The number of carbonyl (C=O) groups excluding carboxylic acids is 2. The van der Waals surface area contributed by atoms with Crippen LogP contribution in [0.15, 0.2) is 30.3 Å². The molecule has 3 rings (SSSR count). The number of fused-ring (bicyclic) bond motifs is 1. The van der Waals surface area contributed by atoms with Gasteiger partial charge in [0.25, 0.3) is 11.8 Å². The molecule has 5 nitrogen and oxygen atoms in total. The molecule has 2 amide bonds. The van der Waals surface area contributed by atoms with E-state index in [1.54, 1.807) is 35.6 Å². The first-order valence-electron chi connectivity index (χ1n) is 8.06. The lowest BCUT2D eigenvalue weighted by atomic mass is 10.1. The fourth-order valence-electron chi connectivity index (χ4n) is 2.79. The second kappa shape index (κ2) is 7.49. The summed E-state index contributed by atoms with van der Waals surface area (Å²) in [6.45, 7) is -0.185. The van der Waals surface area contributed by atoms with Gasteiger partial charge in [0.1, 0.15) is 5.75 Å². The van der Waals surface area contributed by atoms with Crippen molar-refractivity contribution >= 4 is 28.8 Å². The molecule has 1 aromatic carbocycles. The maximum Gasteiger partial charge on any atom is 0.265 e. The second-order valence-electron chi connectivity index (χ2n) is 5.86. The number of nitrogens with two attached hydrogens (primary N) is 1. The number of hydrogen-bond donors (Lipinski definition) is 2. The number of hydrogen-bond acceptors (Lipinski definition) is 4. The summed E-state index contributed by atoms with van der Waals surface area (Å²) in [6.07, 6.45) is 5.80. The maximum absolute atomic E-state index is 12.5. The van der Waals surface area contributed by atoms with E-state index >= 15 is 0 Å². The minimum atomic E-state index is -0.537. The highest BCUT2D eigenvalue weighted by Gasteiger charge is 2.16. The van der Waals surface area contributed by atoms with Crippen LogP contribution in [0.2, 0.25) is 0 Å². The summed E-state index contributed by atoms with van der Waals surface area (Å²) in [5.74, 6) is -0.154. The van der Waals surface area contributed by atoms with Gasteiger partial charge in [-0.15, -0.1) is 11.3 Å². The van der Waals surface area contributed by atoms with Crippen LogP contribution in [0.4, 0.5) is 5.69 Å². The third kappa shape index (κ3) is 4.14. The normalized spacial score (nSPS) is 13.7. The standard InChI is InChI=1S/C18H20N2O3S/c19-17(21)11-23-14-7-4-6-13(10-14)20-18(22)16-9-12-5-2-1-3-8-15(12)24-16/h4,6-7,9-10H,1-3,5,8,11H2,(H2,19,21)(H,20,22). The summed E-state index contributed by atoms with van der Waals surface area (Å²) in [4.78, 5) is 25.3. The zero-order valence-electron chi connectivity index (χ0n) is 13.3. The molecule has 0 bridgehead atoms. The van der Waals surface area contributed by atoms with E-state index < -0.39 is 5.91 Å². The molecule has 1 heterocycles. The van der Waals surface area contributed by atoms with Crippen LogP contribution in [0.3, 0.4) is 0 Å². The molecule has 0 fully saturated rings. The van der Waals surface area contributed by atoms with Crippen LogP contribution in [0, 0.1) is 0 Å². The molecule has 0 saturated heterocycles. The quantitative estimate of drug-likeness (QED) is 0.818. The Morgan fingerprint density at radius 1 is 1.17 bits per heavy atom. The molecule has 0 aliphatic heterocycles. The minimum absolute atomic E-state index is 0.111. The van der Waals surface area contributed by atoms with E-state index in [1.807, 2.05) is 6.07 Å². The zero-order chi connectivity index (χ0) is 16.9. The monoisotopic (exact) mass is 344 g/mol. The summed E-state index contributed by atoms with van der Waals surface area (Å²) >= 11 is 1.59. The summed E-state index contributed by atoms with van der Waals surface area (Å²) < 4.78 is 5.25. The molecule has 0 unspecified atom stereocenters. The smallest absolute Gasteiger partial charge is 0.265 e. The molecular weight excluding hydrogens is 324 g/mol. The lowest BCUT2D eigenvalue weighted by molar-refractivity contribution is -0.119. The lowest BCUT2D eigenvalue weighted by Gasteiger charge is -2.07. The zero-order valence-corrected chi connectivity index (χ0v) is 14.2. The number of nitrogens with one attached hydrogen (secondary N) is 1. The first-order chi connectivity index (χ1) is 11.6. The van der Waals surface area contributed by atoms with Crippen LogP contribution in [-0.2, 0) is 17.6 Å². The van der Waals surface area contributed by atoms with Crippen molar-refractivity contribution in [2.45, 2.75) is 32.1 Å². The fraction of sp³-hybridized carbons (Fsp3) is 0.333. The predicted molar refractivity (Wildman–Crippen MR) is 94.7 cm³/mol.